The highest BCUT2D eigenvalue weighted by atomic mass is 19.3. The predicted octanol–water partition coefficient (Wildman–Crippen LogP) is 3.49. The quantitative estimate of drug-likeness (QED) is 0.837. The standard InChI is InChI=1S/C13H19F3N2O/c1-7(2)8(3)18(4)11-6-12(19-13(15)16)9(14)5-10(11)17/h5-8,13H,17H2,1-4H3. The van der Waals surface area contributed by atoms with Crippen molar-refractivity contribution in [3.63, 3.8) is 0 Å². The Hall–Kier alpha value is -1.59. The van der Waals surface area contributed by atoms with Crippen molar-refractivity contribution in [2.45, 2.75) is 33.4 Å². The molecule has 1 rings (SSSR count). The molecule has 0 aliphatic rings. The Morgan fingerprint density at radius 1 is 1.21 bits per heavy atom. The summed E-state index contributed by atoms with van der Waals surface area (Å²) in [7, 11) is 1.78. The van der Waals surface area contributed by atoms with Crippen LogP contribution < -0.4 is 15.4 Å². The van der Waals surface area contributed by atoms with E-state index in [0.717, 1.165) is 6.07 Å². The van der Waals surface area contributed by atoms with E-state index in [1.54, 1.807) is 7.05 Å². The number of halogens is 3. The van der Waals surface area contributed by atoms with E-state index in [9.17, 15) is 13.2 Å². The molecule has 108 valence electrons. The average molecular weight is 276 g/mol. The number of nitrogens with zero attached hydrogens (tertiary/aromatic N) is 1. The summed E-state index contributed by atoms with van der Waals surface area (Å²) in [6.07, 6.45) is 0. The van der Waals surface area contributed by atoms with Crippen LogP contribution in [0.5, 0.6) is 5.75 Å². The van der Waals surface area contributed by atoms with E-state index in [1.165, 1.54) is 6.07 Å². The number of benzene rings is 1. The molecule has 0 radical (unpaired) electrons. The third-order valence-electron chi connectivity index (χ3n) is 3.25. The molecule has 1 unspecified atom stereocenters. The third-order valence-corrected chi connectivity index (χ3v) is 3.25. The van der Waals surface area contributed by atoms with Gasteiger partial charge in [-0.05, 0) is 12.8 Å². The fraction of sp³-hybridized carbons (Fsp3) is 0.538. The van der Waals surface area contributed by atoms with Crippen LogP contribution in [-0.2, 0) is 0 Å². The molecule has 1 aromatic rings. The highest BCUT2D eigenvalue weighted by Crippen LogP contribution is 2.33. The summed E-state index contributed by atoms with van der Waals surface area (Å²) in [6, 6.07) is 2.32. The number of hydrogen-bond donors (Lipinski definition) is 1. The Bertz CT molecular complexity index is 438. The minimum atomic E-state index is -3.07. The second-order valence-electron chi connectivity index (χ2n) is 4.82. The van der Waals surface area contributed by atoms with Gasteiger partial charge in [-0.3, -0.25) is 0 Å². The molecule has 1 atom stereocenters. The monoisotopic (exact) mass is 276 g/mol. The lowest BCUT2D eigenvalue weighted by molar-refractivity contribution is -0.0521. The highest BCUT2D eigenvalue weighted by molar-refractivity contribution is 5.70. The van der Waals surface area contributed by atoms with Gasteiger partial charge in [0.2, 0.25) is 0 Å². The Balaban J connectivity index is 3.13. The van der Waals surface area contributed by atoms with Crippen molar-refractivity contribution in [1.29, 1.82) is 0 Å². The van der Waals surface area contributed by atoms with Gasteiger partial charge in [-0.25, -0.2) is 4.39 Å². The number of nitrogens with two attached hydrogens (primary N) is 1. The van der Waals surface area contributed by atoms with Crippen LogP contribution in [0.4, 0.5) is 24.5 Å². The van der Waals surface area contributed by atoms with Gasteiger partial charge in [0.05, 0.1) is 11.4 Å². The zero-order valence-electron chi connectivity index (χ0n) is 11.5. The van der Waals surface area contributed by atoms with E-state index in [0.29, 0.717) is 11.6 Å². The zero-order valence-corrected chi connectivity index (χ0v) is 11.5. The minimum absolute atomic E-state index is 0.118. The maximum Gasteiger partial charge on any atom is 0.387 e. The molecule has 6 heteroatoms. The maximum absolute atomic E-state index is 13.5. The number of rotatable bonds is 5. The fourth-order valence-electron chi connectivity index (χ4n) is 1.72. The van der Waals surface area contributed by atoms with Crippen LogP contribution in [0.1, 0.15) is 20.8 Å². The number of ether oxygens (including phenoxy) is 1. The van der Waals surface area contributed by atoms with Gasteiger partial charge in [0.25, 0.3) is 0 Å². The van der Waals surface area contributed by atoms with Gasteiger partial charge in [0.15, 0.2) is 11.6 Å². The number of hydrogen-bond acceptors (Lipinski definition) is 3. The van der Waals surface area contributed by atoms with Crippen molar-refractivity contribution in [2.24, 2.45) is 5.92 Å². The summed E-state index contributed by atoms with van der Waals surface area (Å²) in [5.41, 5.74) is 6.39. The van der Waals surface area contributed by atoms with Gasteiger partial charge < -0.3 is 15.4 Å². The van der Waals surface area contributed by atoms with Crippen molar-refractivity contribution >= 4 is 11.4 Å². The molecule has 0 amide bonds. The van der Waals surface area contributed by atoms with Crippen LogP contribution in [0.3, 0.4) is 0 Å². The van der Waals surface area contributed by atoms with Gasteiger partial charge in [0, 0.05) is 25.2 Å². The number of nitrogen functional groups attached to an aromatic ring is 1. The number of alkyl halides is 2. The Morgan fingerprint density at radius 3 is 2.26 bits per heavy atom. The summed E-state index contributed by atoms with van der Waals surface area (Å²) < 4.78 is 42.0. The van der Waals surface area contributed by atoms with E-state index in [2.05, 4.69) is 4.74 Å². The summed E-state index contributed by atoms with van der Waals surface area (Å²) in [5.74, 6) is -1.07. The van der Waals surface area contributed by atoms with Crippen LogP contribution in [0.25, 0.3) is 0 Å². The molecule has 0 spiro atoms. The minimum Gasteiger partial charge on any atom is -0.432 e. The van der Waals surface area contributed by atoms with Crippen molar-refractivity contribution < 1.29 is 17.9 Å². The van der Waals surface area contributed by atoms with E-state index < -0.39 is 18.2 Å². The first-order chi connectivity index (χ1) is 8.73. The van der Waals surface area contributed by atoms with Gasteiger partial charge in [-0.2, -0.15) is 8.78 Å². The second-order valence-corrected chi connectivity index (χ2v) is 4.82. The van der Waals surface area contributed by atoms with E-state index in [1.807, 2.05) is 25.7 Å². The smallest absolute Gasteiger partial charge is 0.387 e. The van der Waals surface area contributed by atoms with Crippen molar-refractivity contribution in [2.75, 3.05) is 17.7 Å². The average Bonchev–Trinajstić information content (AvgIpc) is 2.30. The predicted molar refractivity (Wildman–Crippen MR) is 70.1 cm³/mol. The van der Waals surface area contributed by atoms with Crippen LogP contribution in [0, 0.1) is 11.7 Å². The number of anilines is 2. The molecule has 0 aromatic heterocycles. The molecular weight excluding hydrogens is 257 g/mol. The summed E-state index contributed by atoms with van der Waals surface area (Å²) in [5, 5.41) is 0. The SMILES string of the molecule is CC(C)C(C)N(C)c1cc(OC(F)F)c(F)cc1N. The topological polar surface area (TPSA) is 38.5 Å². The zero-order chi connectivity index (χ0) is 14.7. The summed E-state index contributed by atoms with van der Waals surface area (Å²) >= 11 is 0. The fourth-order valence-corrected chi connectivity index (χ4v) is 1.72. The highest BCUT2D eigenvalue weighted by Gasteiger charge is 2.19. The van der Waals surface area contributed by atoms with Crippen molar-refractivity contribution in [3.05, 3.63) is 17.9 Å². The molecule has 0 aliphatic heterocycles. The Morgan fingerprint density at radius 2 is 1.79 bits per heavy atom. The molecule has 2 N–H and O–H groups in total. The van der Waals surface area contributed by atoms with Gasteiger partial charge >= 0.3 is 6.61 Å². The van der Waals surface area contributed by atoms with Crippen LogP contribution >= 0.6 is 0 Å². The summed E-state index contributed by atoms with van der Waals surface area (Å²) in [6.45, 7) is 2.95. The lowest BCUT2D eigenvalue weighted by Crippen LogP contribution is -2.33. The van der Waals surface area contributed by atoms with Gasteiger partial charge in [0.1, 0.15) is 0 Å². The normalized spacial score (nSPS) is 12.9. The lowest BCUT2D eigenvalue weighted by Gasteiger charge is -2.31. The molecule has 0 heterocycles. The first kappa shape index (κ1) is 15.5. The molecule has 0 bridgehead atoms. The molecular formula is C13H19F3N2O. The van der Waals surface area contributed by atoms with Crippen molar-refractivity contribution in [3.8, 4) is 5.75 Å². The Kier molecular flexibility index (Phi) is 4.91. The lowest BCUT2D eigenvalue weighted by atomic mass is 10.0. The van der Waals surface area contributed by atoms with Crippen LogP contribution in [0.15, 0.2) is 12.1 Å². The molecule has 0 fully saturated rings. The van der Waals surface area contributed by atoms with E-state index in [4.69, 9.17) is 5.73 Å². The first-order valence-corrected chi connectivity index (χ1v) is 6.00. The molecule has 3 nitrogen and oxygen atoms in total. The van der Waals surface area contributed by atoms with Crippen LogP contribution in [0.2, 0.25) is 0 Å². The van der Waals surface area contributed by atoms with Gasteiger partial charge in [-0.1, -0.05) is 13.8 Å². The summed E-state index contributed by atoms with van der Waals surface area (Å²) in [4.78, 5) is 1.82. The largest absolute Gasteiger partial charge is 0.432 e. The first-order valence-electron chi connectivity index (χ1n) is 6.00. The second kappa shape index (κ2) is 6.04. The molecule has 0 aliphatic carbocycles. The molecule has 0 saturated carbocycles. The molecule has 0 saturated heterocycles. The van der Waals surface area contributed by atoms with E-state index in [-0.39, 0.29) is 11.7 Å². The maximum atomic E-state index is 13.5. The van der Waals surface area contributed by atoms with E-state index >= 15 is 0 Å². The Labute approximate surface area is 111 Å². The van der Waals surface area contributed by atoms with Crippen molar-refractivity contribution in [1.82, 2.24) is 0 Å². The van der Waals surface area contributed by atoms with Crippen LogP contribution in [-0.4, -0.2) is 19.7 Å². The van der Waals surface area contributed by atoms with Gasteiger partial charge in [-0.15, -0.1) is 0 Å². The molecule has 1 aromatic carbocycles. The third kappa shape index (κ3) is 3.68. The molecule has 19 heavy (non-hydrogen) atoms.